The van der Waals surface area contributed by atoms with Gasteiger partial charge in [-0.25, -0.2) is 4.79 Å². The summed E-state index contributed by atoms with van der Waals surface area (Å²) in [5, 5.41) is 5.83. The second-order valence-corrected chi connectivity index (χ2v) is 8.59. The van der Waals surface area contributed by atoms with Gasteiger partial charge in [0.25, 0.3) is 0 Å². The van der Waals surface area contributed by atoms with Gasteiger partial charge in [0, 0.05) is 24.3 Å². The summed E-state index contributed by atoms with van der Waals surface area (Å²) >= 11 is 0. The van der Waals surface area contributed by atoms with Crippen molar-refractivity contribution in [2.75, 3.05) is 25.0 Å². The highest BCUT2D eigenvalue weighted by molar-refractivity contribution is 5.89. The molecule has 0 spiro atoms. The van der Waals surface area contributed by atoms with Gasteiger partial charge in [0.05, 0.1) is 13.1 Å². The van der Waals surface area contributed by atoms with Crippen molar-refractivity contribution >= 4 is 17.6 Å². The van der Waals surface area contributed by atoms with E-state index in [9.17, 15) is 9.59 Å². The number of hydrogen-bond acceptors (Lipinski definition) is 4. The third kappa shape index (κ3) is 6.10. The number of anilines is 1. The lowest BCUT2D eigenvalue weighted by atomic mass is 10.0. The van der Waals surface area contributed by atoms with Crippen LogP contribution in [-0.2, 0) is 11.3 Å². The number of hydrogen-bond donors (Lipinski definition) is 2. The molecule has 2 heterocycles. The van der Waals surface area contributed by atoms with Crippen LogP contribution in [0.25, 0.3) is 0 Å². The molecule has 3 amide bonds. The average molecular weight is 425 g/mol. The van der Waals surface area contributed by atoms with E-state index < -0.39 is 0 Å². The number of nitrogens with one attached hydrogen (secondary N) is 2. The molecule has 2 aromatic rings. The molecule has 2 N–H and O–H groups in total. The number of aryl methyl sites for hydroxylation is 1. The summed E-state index contributed by atoms with van der Waals surface area (Å²) in [7, 11) is 0. The van der Waals surface area contributed by atoms with Crippen molar-refractivity contribution in [3.05, 3.63) is 54.0 Å². The summed E-state index contributed by atoms with van der Waals surface area (Å²) in [6.07, 6.45) is 5.32. The minimum atomic E-state index is -0.212. The molecular formula is C24H32N4O3. The minimum Gasteiger partial charge on any atom is -0.464 e. The average Bonchev–Trinajstić information content (AvgIpc) is 3.53. The Morgan fingerprint density at radius 3 is 2.61 bits per heavy atom. The van der Waals surface area contributed by atoms with Crippen molar-refractivity contribution in [3.63, 3.8) is 0 Å². The van der Waals surface area contributed by atoms with Crippen LogP contribution in [0.4, 0.5) is 10.5 Å². The first-order chi connectivity index (χ1) is 15.1. The van der Waals surface area contributed by atoms with Gasteiger partial charge in [0.15, 0.2) is 0 Å². The van der Waals surface area contributed by atoms with Gasteiger partial charge in [-0.1, -0.05) is 24.6 Å². The van der Waals surface area contributed by atoms with Gasteiger partial charge in [0.1, 0.15) is 11.5 Å². The van der Waals surface area contributed by atoms with Crippen LogP contribution in [0, 0.1) is 6.92 Å². The molecule has 4 rings (SSSR count). The molecule has 1 aliphatic carbocycles. The molecule has 0 bridgehead atoms. The van der Waals surface area contributed by atoms with Crippen molar-refractivity contribution in [2.24, 2.45) is 0 Å². The monoisotopic (exact) mass is 424 g/mol. The first-order valence-corrected chi connectivity index (χ1v) is 11.3. The zero-order valence-electron chi connectivity index (χ0n) is 18.2. The number of para-hydroxylation sites is 1. The van der Waals surface area contributed by atoms with E-state index in [1.54, 1.807) is 0 Å². The molecular weight excluding hydrogens is 392 g/mol. The molecule has 1 unspecified atom stereocenters. The highest BCUT2D eigenvalue weighted by Gasteiger charge is 2.35. The second-order valence-electron chi connectivity index (χ2n) is 8.59. The standard InChI is InChI=1S/C24H32N4O3/c1-18-10-13-22(31-18)16-28(20-11-12-20)23(29)17-27-14-6-5-9-21(27)15-25-24(30)26-19-7-3-2-4-8-19/h2-4,7-8,10,13,20-21H,5-6,9,11-12,14-17H2,1H3,(H2,25,26,30). The Balaban J connectivity index is 1.31. The number of carbonyl (C=O) groups is 2. The third-order valence-electron chi connectivity index (χ3n) is 6.05. The molecule has 1 saturated carbocycles. The Morgan fingerprint density at radius 2 is 1.90 bits per heavy atom. The first-order valence-electron chi connectivity index (χ1n) is 11.3. The Labute approximate surface area is 183 Å². The Bertz CT molecular complexity index is 878. The molecule has 2 aliphatic rings. The minimum absolute atomic E-state index is 0.150. The largest absolute Gasteiger partial charge is 0.464 e. The summed E-state index contributed by atoms with van der Waals surface area (Å²) in [6.45, 7) is 4.27. The van der Waals surface area contributed by atoms with Crippen LogP contribution < -0.4 is 10.6 Å². The maximum Gasteiger partial charge on any atom is 0.319 e. The number of furan rings is 1. The number of urea groups is 1. The Morgan fingerprint density at radius 1 is 1.10 bits per heavy atom. The van der Waals surface area contributed by atoms with Crippen LogP contribution >= 0.6 is 0 Å². The number of nitrogens with zero attached hydrogens (tertiary/aromatic N) is 2. The Hall–Kier alpha value is -2.80. The van der Waals surface area contributed by atoms with Crippen molar-refractivity contribution < 1.29 is 14.0 Å². The first kappa shape index (κ1) is 21.4. The van der Waals surface area contributed by atoms with Crippen LogP contribution in [0.5, 0.6) is 0 Å². The number of carbonyl (C=O) groups excluding carboxylic acids is 2. The van der Waals surface area contributed by atoms with Gasteiger partial charge in [-0.15, -0.1) is 0 Å². The van der Waals surface area contributed by atoms with E-state index in [0.717, 1.165) is 55.9 Å². The summed E-state index contributed by atoms with van der Waals surface area (Å²) in [4.78, 5) is 29.6. The van der Waals surface area contributed by atoms with E-state index in [1.807, 2.05) is 54.3 Å². The third-order valence-corrected chi connectivity index (χ3v) is 6.05. The van der Waals surface area contributed by atoms with Crippen LogP contribution in [-0.4, -0.2) is 53.5 Å². The Kier molecular flexibility index (Phi) is 6.92. The van der Waals surface area contributed by atoms with E-state index in [4.69, 9.17) is 4.42 Å². The van der Waals surface area contributed by atoms with Crippen LogP contribution in [0.1, 0.15) is 43.6 Å². The van der Waals surface area contributed by atoms with Crippen LogP contribution in [0.15, 0.2) is 46.9 Å². The fourth-order valence-corrected chi connectivity index (χ4v) is 4.22. The zero-order valence-corrected chi connectivity index (χ0v) is 18.2. The molecule has 7 nitrogen and oxygen atoms in total. The van der Waals surface area contributed by atoms with Gasteiger partial charge in [-0.05, 0) is 63.4 Å². The molecule has 166 valence electrons. The maximum absolute atomic E-state index is 13.2. The predicted molar refractivity (Wildman–Crippen MR) is 120 cm³/mol. The molecule has 1 atom stereocenters. The second kappa shape index (κ2) is 10.0. The zero-order chi connectivity index (χ0) is 21.6. The van der Waals surface area contributed by atoms with Gasteiger partial charge in [-0.2, -0.15) is 0 Å². The fourth-order valence-electron chi connectivity index (χ4n) is 4.22. The van der Waals surface area contributed by atoms with E-state index in [0.29, 0.717) is 25.7 Å². The smallest absolute Gasteiger partial charge is 0.319 e. The summed E-state index contributed by atoms with van der Waals surface area (Å²) in [5.41, 5.74) is 0.768. The van der Waals surface area contributed by atoms with Crippen molar-refractivity contribution in [1.82, 2.24) is 15.1 Å². The molecule has 2 fully saturated rings. The number of likely N-dealkylation sites (tertiary alicyclic amines) is 1. The molecule has 0 radical (unpaired) electrons. The molecule has 1 aliphatic heterocycles. The summed E-state index contributed by atoms with van der Waals surface area (Å²) in [6, 6.07) is 13.6. The summed E-state index contributed by atoms with van der Waals surface area (Å²) in [5.74, 6) is 1.86. The van der Waals surface area contributed by atoms with Crippen molar-refractivity contribution in [3.8, 4) is 0 Å². The van der Waals surface area contributed by atoms with Crippen molar-refractivity contribution in [2.45, 2.75) is 57.7 Å². The molecule has 7 heteroatoms. The van der Waals surface area contributed by atoms with E-state index in [2.05, 4.69) is 15.5 Å². The predicted octanol–water partition coefficient (Wildman–Crippen LogP) is 3.76. The normalized spacial score (nSPS) is 19.1. The van der Waals surface area contributed by atoms with E-state index in [-0.39, 0.29) is 18.0 Å². The van der Waals surface area contributed by atoms with Gasteiger partial charge < -0.3 is 20.0 Å². The fraction of sp³-hybridized carbons (Fsp3) is 0.500. The van der Waals surface area contributed by atoms with Gasteiger partial charge in [0.2, 0.25) is 5.91 Å². The molecule has 1 aromatic heterocycles. The maximum atomic E-state index is 13.2. The quantitative estimate of drug-likeness (QED) is 0.677. The van der Waals surface area contributed by atoms with Gasteiger partial charge in [-0.3, -0.25) is 9.69 Å². The number of rotatable bonds is 8. The van der Waals surface area contributed by atoms with Crippen LogP contribution in [0.3, 0.4) is 0 Å². The topological polar surface area (TPSA) is 77.8 Å². The highest BCUT2D eigenvalue weighted by Crippen LogP contribution is 2.29. The van der Waals surface area contributed by atoms with E-state index >= 15 is 0 Å². The number of piperidine rings is 1. The lowest BCUT2D eigenvalue weighted by molar-refractivity contribution is -0.134. The number of benzene rings is 1. The lowest BCUT2D eigenvalue weighted by Crippen LogP contribution is -2.51. The molecule has 31 heavy (non-hydrogen) atoms. The summed E-state index contributed by atoms with van der Waals surface area (Å²) < 4.78 is 5.71. The SMILES string of the molecule is Cc1ccc(CN(C(=O)CN2CCCCC2CNC(=O)Nc2ccccc2)C2CC2)o1. The molecule has 1 aromatic carbocycles. The van der Waals surface area contributed by atoms with Crippen molar-refractivity contribution in [1.29, 1.82) is 0 Å². The molecule has 1 saturated heterocycles. The highest BCUT2D eigenvalue weighted by atomic mass is 16.3. The number of amides is 3. The van der Waals surface area contributed by atoms with Crippen LogP contribution in [0.2, 0.25) is 0 Å². The van der Waals surface area contributed by atoms with E-state index in [1.165, 1.54) is 0 Å². The lowest BCUT2D eigenvalue weighted by Gasteiger charge is -2.36. The van der Waals surface area contributed by atoms with Gasteiger partial charge >= 0.3 is 6.03 Å².